The first kappa shape index (κ1) is 15.4. The van der Waals surface area contributed by atoms with Gasteiger partial charge in [0.25, 0.3) is 0 Å². The van der Waals surface area contributed by atoms with Crippen molar-refractivity contribution in [3.8, 4) is 0 Å². The number of carbonyl (C=O) groups excluding carboxylic acids is 1. The van der Waals surface area contributed by atoms with Crippen LogP contribution >= 0.6 is 28.3 Å². The molecule has 6 heteroatoms. The number of carbonyl (C=O) groups is 1. The van der Waals surface area contributed by atoms with Crippen LogP contribution in [-0.4, -0.2) is 24.6 Å². The molecule has 0 spiro atoms. The number of aromatic nitrogens is 1. The van der Waals surface area contributed by atoms with Gasteiger partial charge in [-0.25, -0.2) is 4.79 Å². The van der Waals surface area contributed by atoms with Gasteiger partial charge in [0.15, 0.2) is 5.54 Å². The molecule has 2 aromatic rings. The zero-order valence-corrected chi connectivity index (χ0v) is 13.7. The van der Waals surface area contributed by atoms with E-state index in [0.717, 1.165) is 28.6 Å². The molecule has 0 fully saturated rings. The number of hydrogen-bond donors (Lipinski definition) is 2. The van der Waals surface area contributed by atoms with E-state index in [1.165, 1.54) is 18.1 Å². The van der Waals surface area contributed by atoms with Gasteiger partial charge < -0.3 is 9.72 Å². The minimum atomic E-state index is -0.798. The minimum absolute atomic E-state index is 0. The Balaban J connectivity index is 0.00000147. The summed E-state index contributed by atoms with van der Waals surface area (Å²) in [7, 11) is 1.42. The van der Waals surface area contributed by atoms with Crippen molar-refractivity contribution in [3.63, 3.8) is 0 Å². The summed E-state index contributed by atoms with van der Waals surface area (Å²) in [5.74, 6) is -0.265. The Morgan fingerprint density at radius 3 is 2.90 bits per heavy atom. The number of esters is 1. The number of aromatic amines is 1. The van der Waals surface area contributed by atoms with E-state index in [1.807, 2.05) is 19.1 Å². The first-order valence-corrected chi connectivity index (χ1v) is 6.99. The average molecular weight is 360 g/mol. The highest BCUT2D eigenvalue weighted by Crippen LogP contribution is 2.35. The van der Waals surface area contributed by atoms with E-state index in [4.69, 9.17) is 4.74 Å². The third kappa shape index (κ3) is 2.14. The van der Waals surface area contributed by atoms with E-state index in [-0.39, 0.29) is 18.4 Å². The molecule has 1 aromatic heterocycles. The second-order valence-corrected chi connectivity index (χ2v) is 5.88. The van der Waals surface area contributed by atoms with Gasteiger partial charge in [0.1, 0.15) is 0 Å². The molecule has 1 atom stereocenters. The SMILES string of the molecule is COC(=O)C1(C)NCCc2c1[nH]c1cc(Br)ccc21.Cl. The summed E-state index contributed by atoms with van der Waals surface area (Å²) in [6, 6.07) is 6.14. The molecule has 0 saturated heterocycles. The minimum Gasteiger partial charge on any atom is -0.467 e. The van der Waals surface area contributed by atoms with Crippen LogP contribution in [0.25, 0.3) is 10.9 Å². The molecule has 0 bridgehead atoms. The van der Waals surface area contributed by atoms with Gasteiger partial charge in [0.05, 0.1) is 12.8 Å². The number of benzene rings is 1. The largest absolute Gasteiger partial charge is 0.467 e. The predicted octanol–water partition coefficient (Wildman–Crippen LogP) is 2.89. The number of H-pyrrole nitrogens is 1. The lowest BCUT2D eigenvalue weighted by molar-refractivity contribution is -0.148. The summed E-state index contributed by atoms with van der Waals surface area (Å²) in [4.78, 5) is 15.5. The Hall–Kier alpha value is -1.04. The zero-order chi connectivity index (χ0) is 13.6. The van der Waals surface area contributed by atoms with Crippen LogP contribution < -0.4 is 5.32 Å². The molecule has 1 unspecified atom stereocenters. The summed E-state index contributed by atoms with van der Waals surface area (Å²) < 4.78 is 5.96. The highest BCUT2D eigenvalue weighted by atomic mass is 79.9. The van der Waals surface area contributed by atoms with Crippen LogP contribution in [-0.2, 0) is 21.5 Å². The maximum Gasteiger partial charge on any atom is 0.331 e. The third-order valence-corrected chi connectivity index (χ3v) is 4.31. The quantitative estimate of drug-likeness (QED) is 0.770. The third-order valence-electron chi connectivity index (χ3n) is 3.82. The van der Waals surface area contributed by atoms with E-state index in [0.29, 0.717) is 0 Å². The second-order valence-electron chi connectivity index (χ2n) is 4.96. The number of rotatable bonds is 1. The number of halogens is 2. The van der Waals surface area contributed by atoms with E-state index >= 15 is 0 Å². The lowest BCUT2D eigenvalue weighted by Gasteiger charge is -2.32. The van der Waals surface area contributed by atoms with Crippen molar-refractivity contribution < 1.29 is 9.53 Å². The van der Waals surface area contributed by atoms with Gasteiger partial charge in [-0.2, -0.15) is 0 Å². The number of ether oxygens (including phenoxy) is 1. The maximum absolute atomic E-state index is 12.1. The summed E-state index contributed by atoms with van der Waals surface area (Å²) in [6.45, 7) is 2.63. The van der Waals surface area contributed by atoms with Crippen molar-refractivity contribution in [2.24, 2.45) is 0 Å². The fourth-order valence-corrected chi connectivity index (χ4v) is 3.18. The molecule has 3 rings (SSSR count). The van der Waals surface area contributed by atoms with Crippen LogP contribution in [0.3, 0.4) is 0 Å². The van der Waals surface area contributed by atoms with Crippen LogP contribution in [0.15, 0.2) is 22.7 Å². The zero-order valence-electron chi connectivity index (χ0n) is 11.2. The highest BCUT2D eigenvalue weighted by Gasteiger charge is 2.42. The Bertz CT molecular complexity index is 670. The van der Waals surface area contributed by atoms with Crippen LogP contribution in [0, 0.1) is 0 Å². The molecule has 4 nitrogen and oxygen atoms in total. The van der Waals surface area contributed by atoms with E-state index < -0.39 is 5.54 Å². The normalized spacial score (nSPS) is 21.1. The molecule has 2 N–H and O–H groups in total. The summed E-state index contributed by atoms with van der Waals surface area (Å²) in [6.07, 6.45) is 0.906. The van der Waals surface area contributed by atoms with Gasteiger partial charge >= 0.3 is 5.97 Å². The molecular formula is C14H16BrClN2O2. The van der Waals surface area contributed by atoms with Gasteiger partial charge in [0.2, 0.25) is 0 Å². The molecule has 1 aromatic carbocycles. The lowest BCUT2D eigenvalue weighted by Crippen LogP contribution is -2.51. The molecule has 0 amide bonds. The monoisotopic (exact) mass is 358 g/mol. The molecule has 0 aliphatic carbocycles. The van der Waals surface area contributed by atoms with Crippen molar-refractivity contribution in [2.75, 3.05) is 13.7 Å². The molecule has 2 heterocycles. The molecule has 108 valence electrons. The van der Waals surface area contributed by atoms with Gasteiger partial charge in [-0.15, -0.1) is 12.4 Å². The lowest BCUT2D eigenvalue weighted by atomic mass is 9.88. The van der Waals surface area contributed by atoms with Gasteiger partial charge in [-0.1, -0.05) is 22.0 Å². The molecule has 20 heavy (non-hydrogen) atoms. The number of hydrogen-bond acceptors (Lipinski definition) is 3. The van der Waals surface area contributed by atoms with Crippen molar-refractivity contribution in [1.82, 2.24) is 10.3 Å². The molecule has 1 aliphatic rings. The highest BCUT2D eigenvalue weighted by molar-refractivity contribution is 9.10. The van der Waals surface area contributed by atoms with Gasteiger partial charge in [-0.05, 0) is 31.0 Å². The van der Waals surface area contributed by atoms with Crippen LogP contribution in [0.4, 0.5) is 0 Å². The van der Waals surface area contributed by atoms with Crippen LogP contribution in [0.2, 0.25) is 0 Å². The van der Waals surface area contributed by atoms with Crippen molar-refractivity contribution in [3.05, 3.63) is 33.9 Å². The van der Waals surface area contributed by atoms with Crippen molar-refractivity contribution in [1.29, 1.82) is 0 Å². The Kier molecular flexibility index (Phi) is 4.14. The molecule has 0 radical (unpaired) electrons. The van der Waals surface area contributed by atoms with Gasteiger partial charge in [-0.3, -0.25) is 5.32 Å². The van der Waals surface area contributed by atoms with E-state index in [1.54, 1.807) is 0 Å². The fourth-order valence-electron chi connectivity index (χ4n) is 2.82. The number of nitrogens with one attached hydrogen (secondary N) is 2. The number of fused-ring (bicyclic) bond motifs is 3. The maximum atomic E-state index is 12.1. The standard InChI is InChI=1S/C14H15BrN2O2.ClH/c1-14(13(18)19-2)12-10(5-6-16-14)9-4-3-8(15)7-11(9)17-12;/h3-4,7,16-17H,5-6H2,1-2H3;1H. The summed E-state index contributed by atoms with van der Waals surface area (Å²) in [5.41, 5.74) is 2.36. The fraction of sp³-hybridized carbons (Fsp3) is 0.357. The van der Waals surface area contributed by atoms with Crippen molar-refractivity contribution in [2.45, 2.75) is 18.9 Å². The van der Waals surface area contributed by atoms with Crippen molar-refractivity contribution >= 4 is 45.2 Å². The topological polar surface area (TPSA) is 54.1 Å². The van der Waals surface area contributed by atoms with E-state index in [2.05, 4.69) is 32.3 Å². The first-order chi connectivity index (χ1) is 9.06. The van der Waals surface area contributed by atoms with Crippen LogP contribution in [0.1, 0.15) is 18.2 Å². The molecule has 0 saturated carbocycles. The summed E-state index contributed by atoms with van der Waals surface area (Å²) in [5, 5.41) is 4.44. The smallest absolute Gasteiger partial charge is 0.331 e. The van der Waals surface area contributed by atoms with Crippen LogP contribution in [0.5, 0.6) is 0 Å². The predicted molar refractivity (Wildman–Crippen MR) is 84.3 cm³/mol. The molecule has 1 aliphatic heterocycles. The first-order valence-electron chi connectivity index (χ1n) is 6.20. The summed E-state index contributed by atoms with van der Waals surface area (Å²) >= 11 is 3.47. The average Bonchev–Trinajstić information content (AvgIpc) is 2.77. The Morgan fingerprint density at radius 2 is 2.20 bits per heavy atom. The number of methoxy groups -OCH3 is 1. The van der Waals surface area contributed by atoms with Gasteiger partial charge in [0, 0.05) is 21.9 Å². The second kappa shape index (κ2) is 5.39. The van der Waals surface area contributed by atoms with E-state index in [9.17, 15) is 4.79 Å². The Morgan fingerprint density at radius 1 is 1.45 bits per heavy atom. The Labute approximate surface area is 131 Å². The molecular weight excluding hydrogens is 344 g/mol.